The minimum Gasteiger partial charge on any atom is -0.355 e. The van der Waals surface area contributed by atoms with Gasteiger partial charge < -0.3 is 16.0 Å². The van der Waals surface area contributed by atoms with Gasteiger partial charge in [-0.15, -0.1) is 0 Å². The Kier molecular flexibility index (Phi) is 6.28. The average Bonchev–Trinajstić information content (AvgIpc) is 2.64. The van der Waals surface area contributed by atoms with Gasteiger partial charge in [0.2, 0.25) is 5.91 Å². The summed E-state index contributed by atoms with van der Waals surface area (Å²) in [5.74, 6) is -0.763. The number of rotatable bonds is 6. The average molecular weight is 339 g/mol. The highest BCUT2D eigenvalue weighted by molar-refractivity contribution is 5.97. The van der Waals surface area contributed by atoms with Gasteiger partial charge in [-0.2, -0.15) is 0 Å². The molecule has 0 radical (unpaired) electrons. The minimum absolute atomic E-state index is 0.109. The van der Waals surface area contributed by atoms with Crippen LogP contribution in [0.5, 0.6) is 0 Å². The largest absolute Gasteiger partial charge is 0.355 e. The smallest absolute Gasteiger partial charge is 0.251 e. The first-order valence-electron chi connectivity index (χ1n) is 7.93. The SMILES string of the molecule is CNC(=O)c1cccc(CNC(=O)CNC(=O)c2ccccc2C)c1. The van der Waals surface area contributed by atoms with E-state index in [9.17, 15) is 14.4 Å². The predicted molar refractivity (Wildman–Crippen MR) is 95.2 cm³/mol. The molecular weight excluding hydrogens is 318 g/mol. The summed E-state index contributed by atoms with van der Waals surface area (Å²) in [5, 5.41) is 7.87. The molecule has 0 saturated heterocycles. The molecule has 0 aromatic heterocycles. The summed E-state index contributed by atoms with van der Waals surface area (Å²) in [4.78, 5) is 35.6. The Labute approximate surface area is 146 Å². The van der Waals surface area contributed by atoms with E-state index in [2.05, 4.69) is 16.0 Å². The van der Waals surface area contributed by atoms with E-state index in [-0.39, 0.29) is 30.8 Å². The van der Waals surface area contributed by atoms with Gasteiger partial charge in [0.15, 0.2) is 0 Å². The molecular formula is C19H21N3O3. The summed E-state index contributed by atoms with van der Waals surface area (Å²) in [5.41, 5.74) is 2.74. The maximum atomic E-state index is 12.1. The molecule has 130 valence electrons. The first kappa shape index (κ1) is 18.2. The van der Waals surface area contributed by atoms with Crippen molar-refractivity contribution in [3.8, 4) is 0 Å². The Balaban J connectivity index is 1.84. The molecule has 0 heterocycles. The van der Waals surface area contributed by atoms with E-state index in [1.54, 1.807) is 37.4 Å². The molecule has 0 atom stereocenters. The third-order valence-corrected chi connectivity index (χ3v) is 3.71. The normalized spacial score (nSPS) is 10.0. The Hall–Kier alpha value is -3.15. The first-order valence-corrected chi connectivity index (χ1v) is 7.93. The van der Waals surface area contributed by atoms with Crippen LogP contribution in [0.4, 0.5) is 0 Å². The molecule has 2 rings (SSSR count). The second kappa shape index (κ2) is 8.63. The van der Waals surface area contributed by atoms with Gasteiger partial charge in [-0.25, -0.2) is 0 Å². The molecule has 0 aliphatic heterocycles. The lowest BCUT2D eigenvalue weighted by Gasteiger charge is -2.09. The molecule has 0 saturated carbocycles. The summed E-state index contributed by atoms with van der Waals surface area (Å²) < 4.78 is 0. The van der Waals surface area contributed by atoms with Gasteiger partial charge in [0.1, 0.15) is 0 Å². The van der Waals surface area contributed by atoms with Crippen molar-refractivity contribution in [1.82, 2.24) is 16.0 Å². The number of carbonyl (C=O) groups is 3. The lowest BCUT2D eigenvalue weighted by molar-refractivity contribution is -0.120. The van der Waals surface area contributed by atoms with E-state index >= 15 is 0 Å². The molecule has 2 aromatic rings. The predicted octanol–water partition coefficient (Wildman–Crippen LogP) is 1.40. The monoisotopic (exact) mass is 339 g/mol. The van der Waals surface area contributed by atoms with E-state index in [0.717, 1.165) is 11.1 Å². The van der Waals surface area contributed by atoms with Gasteiger partial charge in [0.05, 0.1) is 6.54 Å². The number of benzene rings is 2. The molecule has 2 aromatic carbocycles. The zero-order chi connectivity index (χ0) is 18.2. The van der Waals surface area contributed by atoms with Crippen LogP contribution < -0.4 is 16.0 Å². The fraction of sp³-hybridized carbons (Fsp3) is 0.211. The van der Waals surface area contributed by atoms with Crippen molar-refractivity contribution < 1.29 is 14.4 Å². The highest BCUT2D eigenvalue weighted by atomic mass is 16.2. The molecule has 0 unspecified atom stereocenters. The van der Waals surface area contributed by atoms with Gasteiger partial charge in [-0.05, 0) is 36.2 Å². The molecule has 3 amide bonds. The second-order valence-corrected chi connectivity index (χ2v) is 5.55. The quantitative estimate of drug-likeness (QED) is 0.743. The van der Waals surface area contributed by atoms with Crippen LogP contribution in [0.3, 0.4) is 0 Å². The summed E-state index contributed by atoms with van der Waals surface area (Å²) in [6, 6.07) is 14.2. The van der Waals surface area contributed by atoms with Gasteiger partial charge in [-0.3, -0.25) is 14.4 Å². The van der Waals surface area contributed by atoms with E-state index in [1.807, 2.05) is 25.1 Å². The molecule has 6 nitrogen and oxygen atoms in total. The summed E-state index contributed by atoms with van der Waals surface area (Å²) in [7, 11) is 1.56. The van der Waals surface area contributed by atoms with Crippen molar-refractivity contribution in [2.24, 2.45) is 0 Å². The van der Waals surface area contributed by atoms with E-state index in [0.29, 0.717) is 11.1 Å². The second-order valence-electron chi connectivity index (χ2n) is 5.55. The number of carbonyl (C=O) groups excluding carboxylic acids is 3. The summed E-state index contributed by atoms with van der Waals surface area (Å²) >= 11 is 0. The number of aryl methyl sites for hydroxylation is 1. The summed E-state index contributed by atoms with van der Waals surface area (Å²) in [6.07, 6.45) is 0. The Morgan fingerprint density at radius 3 is 2.40 bits per heavy atom. The van der Waals surface area contributed by atoms with E-state index in [1.165, 1.54) is 0 Å². The molecule has 6 heteroatoms. The molecule has 25 heavy (non-hydrogen) atoms. The Morgan fingerprint density at radius 1 is 0.920 bits per heavy atom. The summed E-state index contributed by atoms with van der Waals surface area (Å²) in [6.45, 7) is 2.01. The Bertz CT molecular complexity index is 787. The van der Waals surface area contributed by atoms with Crippen molar-refractivity contribution in [3.05, 3.63) is 70.8 Å². The number of hydrogen-bond donors (Lipinski definition) is 3. The Morgan fingerprint density at radius 2 is 1.68 bits per heavy atom. The lowest BCUT2D eigenvalue weighted by atomic mass is 10.1. The van der Waals surface area contributed by atoms with Crippen LogP contribution in [0.1, 0.15) is 31.8 Å². The van der Waals surface area contributed by atoms with Crippen molar-refractivity contribution in [3.63, 3.8) is 0 Å². The molecule has 0 spiro atoms. The van der Waals surface area contributed by atoms with Crippen molar-refractivity contribution in [2.75, 3.05) is 13.6 Å². The molecule has 3 N–H and O–H groups in total. The minimum atomic E-state index is -0.299. The van der Waals surface area contributed by atoms with Gasteiger partial charge in [0, 0.05) is 24.7 Å². The van der Waals surface area contributed by atoms with Crippen molar-refractivity contribution in [1.29, 1.82) is 0 Å². The van der Waals surface area contributed by atoms with E-state index < -0.39 is 0 Å². The van der Waals surface area contributed by atoms with Crippen LogP contribution in [0.15, 0.2) is 48.5 Å². The number of nitrogens with one attached hydrogen (secondary N) is 3. The lowest BCUT2D eigenvalue weighted by Crippen LogP contribution is -2.36. The molecule has 0 bridgehead atoms. The first-order chi connectivity index (χ1) is 12.0. The molecule has 0 aliphatic carbocycles. The van der Waals surface area contributed by atoms with Crippen molar-refractivity contribution >= 4 is 17.7 Å². The van der Waals surface area contributed by atoms with Crippen LogP contribution >= 0.6 is 0 Å². The van der Waals surface area contributed by atoms with Gasteiger partial charge >= 0.3 is 0 Å². The van der Waals surface area contributed by atoms with Crippen LogP contribution in [0.2, 0.25) is 0 Å². The number of hydrogen-bond acceptors (Lipinski definition) is 3. The topological polar surface area (TPSA) is 87.3 Å². The van der Waals surface area contributed by atoms with E-state index in [4.69, 9.17) is 0 Å². The molecule has 0 aliphatic rings. The fourth-order valence-corrected chi connectivity index (χ4v) is 2.31. The molecule has 0 fully saturated rings. The van der Waals surface area contributed by atoms with Crippen LogP contribution in [0.25, 0.3) is 0 Å². The van der Waals surface area contributed by atoms with Crippen LogP contribution in [-0.2, 0) is 11.3 Å². The standard InChI is InChI=1S/C19H21N3O3/c1-13-6-3-4-9-16(13)19(25)22-12-17(23)21-11-14-7-5-8-15(10-14)18(24)20-2/h3-10H,11-12H2,1-2H3,(H,20,24)(H,21,23)(H,22,25). The number of amides is 3. The highest BCUT2D eigenvalue weighted by Crippen LogP contribution is 2.06. The maximum Gasteiger partial charge on any atom is 0.251 e. The fourth-order valence-electron chi connectivity index (χ4n) is 2.31. The van der Waals surface area contributed by atoms with Crippen LogP contribution in [-0.4, -0.2) is 31.3 Å². The van der Waals surface area contributed by atoms with Crippen molar-refractivity contribution in [2.45, 2.75) is 13.5 Å². The third kappa shape index (κ3) is 5.17. The van der Waals surface area contributed by atoms with Gasteiger partial charge in [0.25, 0.3) is 11.8 Å². The maximum absolute atomic E-state index is 12.1. The van der Waals surface area contributed by atoms with Gasteiger partial charge in [-0.1, -0.05) is 30.3 Å². The zero-order valence-corrected chi connectivity index (χ0v) is 14.3. The zero-order valence-electron chi connectivity index (χ0n) is 14.3. The highest BCUT2D eigenvalue weighted by Gasteiger charge is 2.10. The van der Waals surface area contributed by atoms with Crippen LogP contribution in [0, 0.1) is 6.92 Å². The third-order valence-electron chi connectivity index (χ3n) is 3.71.